The van der Waals surface area contributed by atoms with Crippen LogP contribution in [0.15, 0.2) is 41.5 Å². The summed E-state index contributed by atoms with van der Waals surface area (Å²) < 4.78 is 1.51. The number of nitrogens with two attached hydrogens (primary N) is 1. The maximum absolute atomic E-state index is 11.3. The second-order valence-electron chi connectivity index (χ2n) is 3.12. The number of benzene rings is 1. The minimum atomic E-state index is -0.166. The van der Waals surface area contributed by atoms with Crippen molar-refractivity contribution in [3.8, 4) is 5.69 Å². The Kier molecular flexibility index (Phi) is 2.66. The molecule has 0 saturated heterocycles. The van der Waals surface area contributed by atoms with Crippen molar-refractivity contribution in [2.45, 2.75) is 6.61 Å². The summed E-state index contributed by atoms with van der Waals surface area (Å²) in [7, 11) is 0. The van der Waals surface area contributed by atoms with Crippen molar-refractivity contribution in [3.05, 3.63) is 52.7 Å². The molecule has 78 valence electrons. The van der Waals surface area contributed by atoms with E-state index in [-0.39, 0.29) is 5.69 Å². The second-order valence-corrected chi connectivity index (χ2v) is 3.12. The number of H-pyrrole nitrogens is 1. The predicted octanol–water partition coefficient (Wildman–Crippen LogP) is 0.556. The van der Waals surface area contributed by atoms with E-state index in [1.54, 1.807) is 12.4 Å². The van der Waals surface area contributed by atoms with E-state index in [4.69, 9.17) is 5.90 Å². The normalized spacial score (nSPS) is 10.5. The van der Waals surface area contributed by atoms with Gasteiger partial charge in [-0.1, -0.05) is 12.1 Å². The molecule has 1 heterocycles. The summed E-state index contributed by atoms with van der Waals surface area (Å²) in [5.74, 6) is 4.98. The number of nitrogens with one attached hydrogen (secondary N) is 1. The summed E-state index contributed by atoms with van der Waals surface area (Å²) in [5.41, 5.74) is 1.54. The molecular formula is C10H11N3O2. The van der Waals surface area contributed by atoms with E-state index in [0.29, 0.717) is 6.61 Å². The van der Waals surface area contributed by atoms with Crippen LogP contribution in [0.25, 0.3) is 5.69 Å². The average Bonchev–Trinajstić information content (AvgIpc) is 2.65. The van der Waals surface area contributed by atoms with Gasteiger partial charge in [0.2, 0.25) is 0 Å². The first kappa shape index (κ1) is 9.70. The van der Waals surface area contributed by atoms with E-state index in [1.165, 1.54) is 4.57 Å². The zero-order chi connectivity index (χ0) is 10.7. The summed E-state index contributed by atoms with van der Waals surface area (Å²) in [5, 5.41) is 0. The first-order valence-corrected chi connectivity index (χ1v) is 4.48. The molecule has 1 aromatic carbocycles. The highest BCUT2D eigenvalue weighted by molar-refractivity contribution is 5.35. The largest absolute Gasteiger partial charge is 0.330 e. The van der Waals surface area contributed by atoms with Gasteiger partial charge in [0.05, 0.1) is 12.3 Å². The Balaban J connectivity index is 2.41. The monoisotopic (exact) mass is 205 g/mol. The number of nitrogens with zero attached hydrogens (tertiary/aromatic N) is 1. The molecule has 0 radical (unpaired) electrons. The smallest absolute Gasteiger partial charge is 0.312 e. The Morgan fingerprint density at radius 2 is 2.33 bits per heavy atom. The van der Waals surface area contributed by atoms with Crippen LogP contribution in [0.3, 0.4) is 0 Å². The van der Waals surface area contributed by atoms with E-state index < -0.39 is 0 Å². The lowest BCUT2D eigenvalue weighted by atomic mass is 10.2. The number of rotatable bonds is 3. The Labute approximate surface area is 86.1 Å². The third kappa shape index (κ3) is 1.98. The maximum atomic E-state index is 11.3. The van der Waals surface area contributed by atoms with E-state index in [0.717, 1.165) is 11.3 Å². The number of hydrogen-bond acceptors (Lipinski definition) is 3. The quantitative estimate of drug-likeness (QED) is 0.719. The molecule has 0 aliphatic rings. The van der Waals surface area contributed by atoms with Gasteiger partial charge in [0.1, 0.15) is 0 Å². The van der Waals surface area contributed by atoms with Crippen LogP contribution in [0, 0.1) is 0 Å². The Bertz CT molecular complexity index is 501. The average molecular weight is 205 g/mol. The van der Waals surface area contributed by atoms with Crippen LogP contribution in [0.1, 0.15) is 5.56 Å². The van der Waals surface area contributed by atoms with Gasteiger partial charge < -0.3 is 4.98 Å². The summed E-state index contributed by atoms with van der Waals surface area (Å²) in [4.78, 5) is 18.4. The zero-order valence-corrected chi connectivity index (χ0v) is 8.01. The van der Waals surface area contributed by atoms with Gasteiger partial charge in [-0.15, -0.1) is 0 Å². The standard InChI is InChI=1S/C10H11N3O2/c11-15-7-8-2-1-3-9(6-8)13-5-4-12-10(13)14/h1-6H,7,11H2,(H,12,14). The SMILES string of the molecule is NOCc1cccc(-n2cc[nH]c2=O)c1. The lowest BCUT2D eigenvalue weighted by Crippen LogP contribution is -2.14. The molecule has 0 unspecified atom stereocenters. The van der Waals surface area contributed by atoms with Crippen molar-refractivity contribution < 1.29 is 4.84 Å². The van der Waals surface area contributed by atoms with Crippen LogP contribution in [0.5, 0.6) is 0 Å². The van der Waals surface area contributed by atoms with Crippen molar-refractivity contribution in [1.29, 1.82) is 0 Å². The molecule has 0 fully saturated rings. The van der Waals surface area contributed by atoms with E-state index in [2.05, 4.69) is 9.82 Å². The summed E-state index contributed by atoms with van der Waals surface area (Å²) in [6.45, 7) is 0.326. The molecule has 5 heteroatoms. The fraction of sp³-hybridized carbons (Fsp3) is 0.100. The highest BCUT2D eigenvalue weighted by Gasteiger charge is 2.00. The van der Waals surface area contributed by atoms with Gasteiger partial charge in [0.15, 0.2) is 0 Å². The van der Waals surface area contributed by atoms with Gasteiger partial charge in [0, 0.05) is 12.4 Å². The molecule has 3 N–H and O–H groups in total. The predicted molar refractivity (Wildman–Crippen MR) is 55.4 cm³/mol. The zero-order valence-electron chi connectivity index (χ0n) is 8.01. The molecule has 1 aromatic heterocycles. The number of aromatic amines is 1. The number of hydrogen-bond donors (Lipinski definition) is 2. The first-order chi connectivity index (χ1) is 7.31. The van der Waals surface area contributed by atoms with E-state index >= 15 is 0 Å². The maximum Gasteiger partial charge on any atom is 0.330 e. The number of imidazole rings is 1. The van der Waals surface area contributed by atoms with Crippen molar-refractivity contribution in [3.63, 3.8) is 0 Å². The van der Waals surface area contributed by atoms with Crippen LogP contribution >= 0.6 is 0 Å². The summed E-state index contributed by atoms with van der Waals surface area (Å²) >= 11 is 0. The third-order valence-corrected chi connectivity index (χ3v) is 2.09. The lowest BCUT2D eigenvalue weighted by Gasteiger charge is -2.03. The summed E-state index contributed by atoms with van der Waals surface area (Å²) in [6.07, 6.45) is 3.26. The van der Waals surface area contributed by atoms with Crippen LogP contribution < -0.4 is 11.6 Å². The fourth-order valence-corrected chi connectivity index (χ4v) is 1.42. The van der Waals surface area contributed by atoms with Crippen molar-refractivity contribution in [2.24, 2.45) is 5.90 Å². The Morgan fingerprint density at radius 1 is 1.47 bits per heavy atom. The number of aromatic nitrogens is 2. The van der Waals surface area contributed by atoms with Crippen molar-refractivity contribution >= 4 is 0 Å². The van der Waals surface area contributed by atoms with Crippen molar-refractivity contribution in [2.75, 3.05) is 0 Å². The molecule has 0 amide bonds. The highest BCUT2D eigenvalue weighted by Crippen LogP contribution is 2.08. The van der Waals surface area contributed by atoms with Gasteiger partial charge >= 0.3 is 5.69 Å². The van der Waals surface area contributed by atoms with Crippen LogP contribution in [-0.4, -0.2) is 9.55 Å². The molecular weight excluding hydrogens is 194 g/mol. The van der Waals surface area contributed by atoms with Crippen LogP contribution in [-0.2, 0) is 11.4 Å². The molecule has 5 nitrogen and oxygen atoms in total. The van der Waals surface area contributed by atoms with Crippen LogP contribution in [0.4, 0.5) is 0 Å². The fourth-order valence-electron chi connectivity index (χ4n) is 1.42. The molecule has 2 rings (SSSR count). The highest BCUT2D eigenvalue weighted by atomic mass is 16.6. The molecule has 0 saturated carbocycles. The minimum Gasteiger partial charge on any atom is -0.312 e. The lowest BCUT2D eigenvalue weighted by molar-refractivity contribution is 0.124. The van der Waals surface area contributed by atoms with Gasteiger partial charge in [-0.25, -0.2) is 10.7 Å². The Hall–Kier alpha value is -1.85. The van der Waals surface area contributed by atoms with E-state index in [9.17, 15) is 4.79 Å². The first-order valence-electron chi connectivity index (χ1n) is 4.48. The molecule has 0 aliphatic heterocycles. The van der Waals surface area contributed by atoms with E-state index in [1.807, 2.05) is 24.3 Å². The van der Waals surface area contributed by atoms with Gasteiger partial charge in [-0.3, -0.25) is 9.40 Å². The molecule has 15 heavy (non-hydrogen) atoms. The summed E-state index contributed by atoms with van der Waals surface area (Å²) in [6, 6.07) is 7.43. The third-order valence-electron chi connectivity index (χ3n) is 2.09. The van der Waals surface area contributed by atoms with Gasteiger partial charge in [-0.05, 0) is 17.7 Å². The van der Waals surface area contributed by atoms with Gasteiger partial charge in [-0.2, -0.15) is 0 Å². The minimum absolute atomic E-state index is 0.166. The molecule has 0 aliphatic carbocycles. The second kappa shape index (κ2) is 4.12. The van der Waals surface area contributed by atoms with Gasteiger partial charge in [0.25, 0.3) is 0 Å². The van der Waals surface area contributed by atoms with Crippen LogP contribution in [0.2, 0.25) is 0 Å². The molecule has 2 aromatic rings. The van der Waals surface area contributed by atoms with Crippen molar-refractivity contribution in [1.82, 2.24) is 9.55 Å². The Morgan fingerprint density at radius 3 is 3.00 bits per heavy atom. The molecule has 0 atom stereocenters. The molecule has 0 bridgehead atoms. The topological polar surface area (TPSA) is 73.0 Å². The molecule has 0 spiro atoms.